The minimum Gasteiger partial charge on any atom is -0.399 e. The summed E-state index contributed by atoms with van der Waals surface area (Å²) in [6.07, 6.45) is 1.04. The molecule has 0 radical (unpaired) electrons. The van der Waals surface area contributed by atoms with E-state index in [-0.39, 0.29) is 0 Å². The molecule has 1 aromatic heterocycles. The van der Waals surface area contributed by atoms with Crippen LogP contribution in [0.5, 0.6) is 0 Å². The summed E-state index contributed by atoms with van der Waals surface area (Å²) in [4.78, 5) is 4.74. The van der Waals surface area contributed by atoms with Crippen LogP contribution in [0.15, 0.2) is 42.5 Å². The van der Waals surface area contributed by atoms with E-state index in [2.05, 4.69) is 11.5 Å². The summed E-state index contributed by atoms with van der Waals surface area (Å²) in [5, 5.41) is 0.735. The second-order valence-corrected chi connectivity index (χ2v) is 5.28. The van der Waals surface area contributed by atoms with Crippen molar-refractivity contribution in [1.29, 1.82) is 0 Å². The molecule has 102 valence electrons. The van der Waals surface area contributed by atoms with Crippen LogP contribution >= 0.6 is 11.6 Å². The van der Waals surface area contributed by atoms with Crippen LogP contribution in [0.1, 0.15) is 13.3 Å². The molecule has 0 saturated heterocycles. The Kier molecular flexibility index (Phi) is 3.36. The van der Waals surface area contributed by atoms with E-state index in [9.17, 15) is 0 Å². The van der Waals surface area contributed by atoms with E-state index in [0.29, 0.717) is 0 Å². The topological polar surface area (TPSA) is 43.8 Å². The number of hydrogen-bond acceptors (Lipinski definition) is 2. The normalized spacial score (nSPS) is 11.1. The van der Waals surface area contributed by atoms with Crippen molar-refractivity contribution in [2.45, 2.75) is 19.9 Å². The molecule has 3 nitrogen and oxygen atoms in total. The van der Waals surface area contributed by atoms with Gasteiger partial charge < -0.3 is 10.3 Å². The van der Waals surface area contributed by atoms with Crippen molar-refractivity contribution in [1.82, 2.24) is 9.55 Å². The third kappa shape index (κ3) is 2.25. The number of anilines is 1. The van der Waals surface area contributed by atoms with E-state index in [1.807, 2.05) is 42.5 Å². The maximum absolute atomic E-state index is 6.11. The maximum atomic E-state index is 6.11. The molecule has 2 N–H and O–H groups in total. The van der Waals surface area contributed by atoms with Crippen molar-refractivity contribution in [2.24, 2.45) is 0 Å². The first-order valence-electron chi connectivity index (χ1n) is 6.70. The van der Waals surface area contributed by atoms with Gasteiger partial charge >= 0.3 is 0 Å². The molecule has 3 aromatic rings. The van der Waals surface area contributed by atoms with Crippen LogP contribution in [-0.2, 0) is 6.54 Å². The van der Waals surface area contributed by atoms with Gasteiger partial charge in [-0.1, -0.05) is 18.5 Å². The number of benzene rings is 2. The Bertz CT molecular complexity index is 744. The van der Waals surface area contributed by atoms with Crippen LogP contribution in [0, 0.1) is 0 Å². The molecule has 3 rings (SSSR count). The average molecular weight is 286 g/mol. The SMILES string of the molecule is CCCn1c(-c2ccc(N)cc2)nc2ccc(Cl)cc21. The van der Waals surface area contributed by atoms with Crippen molar-refractivity contribution < 1.29 is 0 Å². The first-order valence-corrected chi connectivity index (χ1v) is 7.08. The van der Waals surface area contributed by atoms with Crippen LogP contribution < -0.4 is 5.73 Å². The first kappa shape index (κ1) is 13.0. The predicted molar refractivity (Wildman–Crippen MR) is 84.9 cm³/mol. The highest BCUT2D eigenvalue weighted by atomic mass is 35.5. The number of hydrogen-bond donors (Lipinski definition) is 1. The molecule has 0 spiro atoms. The van der Waals surface area contributed by atoms with E-state index in [0.717, 1.165) is 46.1 Å². The van der Waals surface area contributed by atoms with Gasteiger partial charge in [-0.3, -0.25) is 0 Å². The molecule has 2 aromatic carbocycles. The first-order chi connectivity index (χ1) is 9.69. The van der Waals surface area contributed by atoms with Crippen LogP contribution in [0.2, 0.25) is 5.02 Å². The van der Waals surface area contributed by atoms with Gasteiger partial charge in [0.15, 0.2) is 0 Å². The molecule has 0 bridgehead atoms. The van der Waals surface area contributed by atoms with Crippen LogP contribution in [0.25, 0.3) is 22.4 Å². The standard InChI is InChI=1S/C16H16ClN3/c1-2-9-20-15-10-12(17)5-8-14(15)19-16(20)11-3-6-13(18)7-4-11/h3-8,10H,2,9,18H2,1H3. The number of imidazole rings is 1. The van der Waals surface area contributed by atoms with Crippen molar-refractivity contribution in [2.75, 3.05) is 5.73 Å². The summed E-state index contributed by atoms with van der Waals surface area (Å²) in [6.45, 7) is 3.07. The molecule has 0 atom stereocenters. The lowest BCUT2D eigenvalue weighted by molar-refractivity contribution is 0.704. The fourth-order valence-corrected chi connectivity index (χ4v) is 2.56. The summed E-state index contributed by atoms with van der Waals surface area (Å²) in [7, 11) is 0. The van der Waals surface area contributed by atoms with E-state index >= 15 is 0 Å². The van der Waals surface area contributed by atoms with E-state index in [1.54, 1.807) is 0 Å². The number of aryl methyl sites for hydroxylation is 1. The Hall–Kier alpha value is -2.00. The third-order valence-corrected chi connectivity index (χ3v) is 3.56. The number of halogens is 1. The lowest BCUT2D eigenvalue weighted by atomic mass is 10.2. The molecule has 0 aliphatic carbocycles. The minimum absolute atomic E-state index is 0.735. The van der Waals surface area contributed by atoms with Gasteiger partial charge in [-0.2, -0.15) is 0 Å². The Morgan fingerprint density at radius 2 is 1.90 bits per heavy atom. The number of nitrogens with zero attached hydrogens (tertiary/aromatic N) is 2. The van der Waals surface area contributed by atoms with Crippen molar-refractivity contribution >= 4 is 28.3 Å². The van der Waals surface area contributed by atoms with Crippen molar-refractivity contribution in [3.63, 3.8) is 0 Å². The molecule has 0 aliphatic heterocycles. The van der Waals surface area contributed by atoms with Crippen LogP contribution in [0.3, 0.4) is 0 Å². The highest BCUT2D eigenvalue weighted by molar-refractivity contribution is 6.31. The Balaban J connectivity index is 2.23. The smallest absolute Gasteiger partial charge is 0.141 e. The molecule has 0 amide bonds. The van der Waals surface area contributed by atoms with Gasteiger partial charge in [-0.25, -0.2) is 4.98 Å². The highest BCUT2D eigenvalue weighted by Gasteiger charge is 2.12. The Morgan fingerprint density at radius 1 is 1.15 bits per heavy atom. The molecular weight excluding hydrogens is 270 g/mol. The molecular formula is C16H16ClN3. The van der Waals surface area contributed by atoms with Crippen molar-refractivity contribution in [3.8, 4) is 11.4 Å². The fraction of sp³-hybridized carbons (Fsp3) is 0.188. The molecule has 0 unspecified atom stereocenters. The molecule has 0 saturated carbocycles. The number of nitrogens with two attached hydrogens (primary N) is 1. The summed E-state index contributed by atoms with van der Waals surface area (Å²) >= 11 is 6.11. The summed E-state index contributed by atoms with van der Waals surface area (Å²) < 4.78 is 2.22. The molecule has 20 heavy (non-hydrogen) atoms. The van der Waals surface area contributed by atoms with Crippen molar-refractivity contribution in [3.05, 3.63) is 47.5 Å². The summed E-state index contributed by atoms with van der Waals surface area (Å²) in [5.74, 6) is 0.962. The van der Waals surface area contributed by atoms with Gasteiger partial charge in [0.2, 0.25) is 0 Å². The summed E-state index contributed by atoms with van der Waals surface area (Å²) in [6, 6.07) is 13.6. The monoisotopic (exact) mass is 285 g/mol. The zero-order chi connectivity index (χ0) is 14.1. The zero-order valence-corrected chi connectivity index (χ0v) is 12.1. The maximum Gasteiger partial charge on any atom is 0.141 e. The van der Waals surface area contributed by atoms with E-state index < -0.39 is 0 Å². The second kappa shape index (κ2) is 5.17. The van der Waals surface area contributed by atoms with E-state index in [1.165, 1.54) is 0 Å². The highest BCUT2D eigenvalue weighted by Crippen LogP contribution is 2.27. The molecule has 0 aliphatic rings. The molecule has 0 fully saturated rings. The lowest BCUT2D eigenvalue weighted by Crippen LogP contribution is -1.99. The van der Waals surface area contributed by atoms with Gasteiger partial charge in [0.1, 0.15) is 5.82 Å². The molecule has 1 heterocycles. The largest absolute Gasteiger partial charge is 0.399 e. The van der Waals surface area contributed by atoms with Gasteiger partial charge in [0, 0.05) is 22.8 Å². The number of rotatable bonds is 3. The number of nitrogen functional groups attached to an aromatic ring is 1. The number of fused-ring (bicyclic) bond motifs is 1. The predicted octanol–water partition coefficient (Wildman–Crippen LogP) is 4.35. The quantitative estimate of drug-likeness (QED) is 0.727. The lowest BCUT2D eigenvalue weighted by Gasteiger charge is -2.08. The zero-order valence-electron chi connectivity index (χ0n) is 11.3. The minimum atomic E-state index is 0.735. The van der Waals surface area contributed by atoms with Crippen LogP contribution in [0.4, 0.5) is 5.69 Å². The molecule has 4 heteroatoms. The summed E-state index contributed by atoms with van der Waals surface area (Å²) in [5.41, 5.74) is 9.62. The number of aromatic nitrogens is 2. The van der Waals surface area contributed by atoms with E-state index in [4.69, 9.17) is 22.3 Å². The van der Waals surface area contributed by atoms with Gasteiger partial charge in [-0.05, 0) is 48.9 Å². The van der Waals surface area contributed by atoms with Gasteiger partial charge in [0.05, 0.1) is 11.0 Å². The Labute approximate surface area is 123 Å². The van der Waals surface area contributed by atoms with Gasteiger partial charge in [0.25, 0.3) is 0 Å². The Morgan fingerprint density at radius 3 is 2.60 bits per heavy atom. The van der Waals surface area contributed by atoms with Gasteiger partial charge in [-0.15, -0.1) is 0 Å². The fourth-order valence-electron chi connectivity index (χ4n) is 2.40. The second-order valence-electron chi connectivity index (χ2n) is 4.84. The third-order valence-electron chi connectivity index (χ3n) is 3.33. The van der Waals surface area contributed by atoms with Crippen LogP contribution in [-0.4, -0.2) is 9.55 Å². The average Bonchev–Trinajstić information content (AvgIpc) is 2.79.